The monoisotopic (exact) mass is 265 g/mol. The molecule has 0 amide bonds. The standard InChI is InChI=1S/C15H20ClNO/c1-11-6-4-3-5-9-17(11)15-8-7-13(12(2)18)10-14(15)16/h7-8,10-11H,3-6,9H2,1-2H3. The number of hydrogen-bond donors (Lipinski definition) is 0. The molecule has 1 saturated heterocycles. The zero-order valence-electron chi connectivity index (χ0n) is 11.1. The van der Waals surface area contributed by atoms with Gasteiger partial charge in [0.25, 0.3) is 0 Å². The molecule has 2 nitrogen and oxygen atoms in total. The van der Waals surface area contributed by atoms with E-state index in [9.17, 15) is 4.79 Å². The van der Waals surface area contributed by atoms with Crippen LogP contribution < -0.4 is 4.90 Å². The number of carbonyl (C=O) groups is 1. The molecule has 1 aromatic rings. The summed E-state index contributed by atoms with van der Waals surface area (Å²) in [4.78, 5) is 13.7. The van der Waals surface area contributed by atoms with Crippen LogP contribution in [0, 0.1) is 0 Å². The average Bonchev–Trinajstić information content (AvgIpc) is 2.54. The van der Waals surface area contributed by atoms with Gasteiger partial charge in [-0.2, -0.15) is 0 Å². The second-order valence-corrected chi connectivity index (χ2v) is 5.52. The van der Waals surface area contributed by atoms with Crippen molar-refractivity contribution in [2.45, 2.75) is 45.6 Å². The van der Waals surface area contributed by atoms with E-state index in [0.29, 0.717) is 16.6 Å². The molecule has 98 valence electrons. The maximum Gasteiger partial charge on any atom is 0.159 e. The molecule has 1 aliphatic rings. The Morgan fingerprint density at radius 2 is 2.11 bits per heavy atom. The fraction of sp³-hybridized carbons (Fsp3) is 0.533. The average molecular weight is 266 g/mol. The third kappa shape index (κ3) is 2.86. The molecule has 1 aromatic carbocycles. The van der Waals surface area contributed by atoms with Crippen LogP contribution in [0.15, 0.2) is 18.2 Å². The van der Waals surface area contributed by atoms with Crippen molar-refractivity contribution in [1.82, 2.24) is 0 Å². The van der Waals surface area contributed by atoms with E-state index in [0.717, 1.165) is 12.2 Å². The minimum atomic E-state index is 0.0624. The zero-order chi connectivity index (χ0) is 13.1. The van der Waals surface area contributed by atoms with Crippen molar-refractivity contribution in [2.75, 3.05) is 11.4 Å². The summed E-state index contributed by atoms with van der Waals surface area (Å²) in [6, 6.07) is 6.17. The van der Waals surface area contributed by atoms with E-state index in [1.165, 1.54) is 25.7 Å². The van der Waals surface area contributed by atoms with Crippen LogP contribution in [0.2, 0.25) is 5.02 Å². The van der Waals surface area contributed by atoms with Crippen LogP contribution in [0.5, 0.6) is 0 Å². The van der Waals surface area contributed by atoms with Gasteiger partial charge >= 0.3 is 0 Å². The zero-order valence-corrected chi connectivity index (χ0v) is 11.8. The fourth-order valence-corrected chi connectivity index (χ4v) is 2.88. The van der Waals surface area contributed by atoms with Crippen LogP contribution in [-0.2, 0) is 0 Å². The predicted octanol–water partition coefficient (Wildman–Crippen LogP) is 4.31. The van der Waals surface area contributed by atoms with Gasteiger partial charge < -0.3 is 4.90 Å². The molecule has 0 bridgehead atoms. The summed E-state index contributed by atoms with van der Waals surface area (Å²) in [6.45, 7) is 4.88. The maximum absolute atomic E-state index is 11.3. The number of rotatable bonds is 2. The molecule has 1 heterocycles. The highest BCUT2D eigenvalue weighted by Gasteiger charge is 2.19. The normalized spacial score (nSPS) is 20.6. The fourth-order valence-electron chi connectivity index (χ4n) is 2.59. The Bertz CT molecular complexity index is 444. The van der Waals surface area contributed by atoms with Gasteiger partial charge in [-0.15, -0.1) is 0 Å². The van der Waals surface area contributed by atoms with Crippen molar-refractivity contribution in [2.24, 2.45) is 0 Å². The molecule has 0 saturated carbocycles. The number of ketones is 1. The van der Waals surface area contributed by atoms with Crippen molar-refractivity contribution in [3.63, 3.8) is 0 Å². The third-order valence-electron chi connectivity index (χ3n) is 3.72. The first-order valence-electron chi connectivity index (χ1n) is 6.66. The van der Waals surface area contributed by atoms with Crippen molar-refractivity contribution in [1.29, 1.82) is 0 Å². The lowest BCUT2D eigenvalue weighted by atomic mass is 10.1. The summed E-state index contributed by atoms with van der Waals surface area (Å²) < 4.78 is 0. The van der Waals surface area contributed by atoms with E-state index < -0.39 is 0 Å². The molecular formula is C15H20ClNO. The Balaban J connectivity index is 2.29. The van der Waals surface area contributed by atoms with Gasteiger partial charge in [-0.25, -0.2) is 0 Å². The van der Waals surface area contributed by atoms with Gasteiger partial charge in [-0.05, 0) is 44.9 Å². The molecule has 1 unspecified atom stereocenters. The van der Waals surface area contributed by atoms with Gasteiger partial charge in [0, 0.05) is 18.2 Å². The van der Waals surface area contributed by atoms with Crippen LogP contribution in [0.25, 0.3) is 0 Å². The molecule has 3 heteroatoms. The van der Waals surface area contributed by atoms with Crippen molar-refractivity contribution < 1.29 is 4.79 Å². The first-order valence-corrected chi connectivity index (χ1v) is 7.04. The lowest BCUT2D eigenvalue weighted by Crippen LogP contribution is -2.32. The van der Waals surface area contributed by atoms with Crippen LogP contribution in [0.1, 0.15) is 49.9 Å². The lowest BCUT2D eigenvalue weighted by Gasteiger charge is -2.30. The summed E-state index contributed by atoms with van der Waals surface area (Å²) >= 11 is 6.33. The molecule has 1 fully saturated rings. The molecule has 1 atom stereocenters. The Labute approximate surface area is 114 Å². The van der Waals surface area contributed by atoms with E-state index in [2.05, 4.69) is 11.8 Å². The summed E-state index contributed by atoms with van der Waals surface area (Å²) in [5, 5.41) is 0.691. The van der Waals surface area contributed by atoms with Crippen LogP contribution in [0.4, 0.5) is 5.69 Å². The molecule has 0 radical (unpaired) electrons. The van der Waals surface area contributed by atoms with E-state index in [4.69, 9.17) is 11.6 Å². The highest BCUT2D eigenvalue weighted by molar-refractivity contribution is 6.33. The number of nitrogens with zero attached hydrogens (tertiary/aromatic N) is 1. The van der Waals surface area contributed by atoms with Crippen LogP contribution >= 0.6 is 11.6 Å². The van der Waals surface area contributed by atoms with Gasteiger partial charge in [0.1, 0.15) is 0 Å². The number of hydrogen-bond acceptors (Lipinski definition) is 2. The quantitative estimate of drug-likeness (QED) is 0.743. The van der Waals surface area contributed by atoms with E-state index >= 15 is 0 Å². The summed E-state index contributed by atoms with van der Waals surface area (Å²) in [5.41, 5.74) is 1.75. The highest BCUT2D eigenvalue weighted by atomic mass is 35.5. The highest BCUT2D eigenvalue weighted by Crippen LogP contribution is 2.31. The number of Topliss-reactive ketones (excluding diaryl/α,β-unsaturated/α-hetero) is 1. The van der Waals surface area contributed by atoms with Crippen molar-refractivity contribution in [3.8, 4) is 0 Å². The summed E-state index contributed by atoms with van der Waals surface area (Å²) in [5.74, 6) is 0.0624. The second-order valence-electron chi connectivity index (χ2n) is 5.11. The Morgan fingerprint density at radius 3 is 2.78 bits per heavy atom. The van der Waals surface area contributed by atoms with Gasteiger partial charge in [0.05, 0.1) is 10.7 Å². The smallest absolute Gasteiger partial charge is 0.159 e. The second kappa shape index (κ2) is 5.75. The van der Waals surface area contributed by atoms with E-state index in [1.54, 1.807) is 13.0 Å². The maximum atomic E-state index is 11.3. The van der Waals surface area contributed by atoms with Gasteiger partial charge in [0.2, 0.25) is 0 Å². The molecule has 1 aliphatic heterocycles. The molecule has 0 aliphatic carbocycles. The lowest BCUT2D eigenvalue weighted by molar-refractivity contribution is 0.101. The van der Waals surface area contributed by atoms with Crippen molar-refractivity contribution >= 4 is 23.1 Å². The first kappa shape index (κ1) is 13.4. The van der Waals surface area contributed by atoms with Gasteiger partial charge in [0.15, 0.2) is 5.78 Å². The summed E-state index contributed by atoms with van der Waals surface area (Å²) in [6.07, 6.45) is 5.02. The number of anilines is 1. The Morgan fingerprint density at radius 1 is 1.33 bits per heavy atom. The van der Waals surface area contributed by atoms with Crippen LogP contribution in [0.3, 0.4) is 0 Å². The minimum absolute atomic E-state index is 0.0624. The largest absolute Gasteiger partial charge is 0.368 e. The number of carbonyl (C=O) groups excluding carboxylic acids is 1. The van der Waals surface area contributed by atoms with E-state index in [-0.39, 0.29) is 5.78 Å². The topological polar surface area (TPSA) is 20.3 Å². The Kier molecular flexibility index (Phi) is 4.28. The van der Waals surface area contributed by atoms with E-state index in [1.807, 2.05) is 12.1 Å². The third-order valence-corrected chi connectivity index (χ3v) is 4.02. The molecular weight excluding hydrogens is 246 g/mol. The molecule has 18 heavy (non-hydrogen) atoms. The molecule has 0 aromatic heterocycles. The molecule has 0 spiro atoms. The number of halogens is 1. The molecule has 0 N–H and O–H groups in total. The van der Waals surface area contributed by atoms with Crippen LogP contribution in [-0.4, -0.2) is 18.4 Å². The van der Waals surface area contributed by atoms with Gasteiger partial charge in [-0.3, -0.25) is 4.79 Å². The van der Waals surface area contributed by atoms with Crippen molar-refractivity contribution in [3.05, 3.63) is 28.8 Å². The number of benzene rings is 1. The Hall–Kier alpha value is -1.02. The molecule has 2 rings (SSSR count). The summed E-state index contributed by atoms with van der Waals surface area (Å²) in [7, 11) is 0. The minimum Gasteiger partial charge on any atom is -0.368 e. The first-order chi connectivity index (χ1) is 8.59. The predicted molar refractivity (Wildman–Crippen MR) is 76.7 cm³/mol. The SMILES string of the molecule is CC(=O)c1ccc(N2CCCCCC2C)c(Cl)c1. The van der Waals surface area contributed by atoms with Gasteiger partial charge in [-0.1, -0.05) is 24.4 Å².